The predicted octanol–water partition coefficient (Wildman–Crippen LogP) is 2.62. The zero-order valence-electron chi connectivity index (χ0n) is 13.6. The summed E-state index contributed by atoms with van der Waals surface area (Å²) in [6.07, 6.45) is 0. The third kappa shape index (κ3) is 3.64. The molecule has 0 radical (unpaired) electrons. The van der Waals surface area contributed by atoms with Gasteiger partial charge in [0.05, 0.1) is 24.1 Å². The van der Waals surface area contributed by atoms with Crippen LogP contribution in [0, 0.1) is 10.1 Å². The third-order valence-corrected chi connectivity index (χ3v) is 3.74. The van der Waals surface area contributed by atoms with Gasteiger partial charge in [0.2, 0.25) is 0 Å². The number of ether oxygens (including phenoxy) is 1. The summed E-state index contributed by atoms with van der Waals surface area (Å²) < 4.78 is 5.14. The molecule has 8 heteroatoms. The number of nitrogens with one attached hydrogen (secondary N) is 1. The van der Waals surface area contributed by atoms with Gasteiger partial charge in [-0.15, -0.1) is 0 Å². The minimum absolute atomic E-state index is 0.0101. The molecule has 3 rings (SSSR count). The zero-order valence-corrected chi connectivity index (χ0v) is 13.6. The second-order valence-electron chi connectivity index (χ2n) is 5.35. The lowest BCUT2D eigenvalue weighted by molar-refractivity contribution is -0.384. The highest BCUT2D eigenvalue weighted by molar-refractivity contribution is 5.90. The van der Waals surface area contributed by atoms with Gasteiger partial charge in [0.1, 0.15) is 17.4 Å². The van der Waals surface area contributed by atoms with Gasteiger partial charge in [-0.2, -0.15) is 0 Å². The van der Waals surface area contributed by atoms with E-state index < -0.39 is 4.92 Å². The molecular weight excluding hydrogens is 322 g/mol. The predicted molar refractivity (Wildman–Crippen MR) is 94.4 cm³/mol. The van der Waals surface area contributed by atoms with Gasteiger partial charge in [-0.25, -0.2) is 9.97 Å². The van der Waals surface area contributed by atoms with Crippen molar-refractivity contribution in [2.75, 3.05) is 12.4 Å². The van der Waals surface area contributed by atoms with Gasteiger partial charge in [-0.1, -0.05) is 12.1 Å². The molecule has 0 atom stereocenters. The van der Waals surface area contributed by atoms with E-state index in [0.29, 0.717) is 29.1 Å². The number of methoxy groups -OCH3 is 1. The molecule has 3 N–H and O–H groups in total. The van der Waals surface area contributed by atoms with Crippen molar-refractivity contribution in [3.05, 3.63) is 64.0 Å². The molecule has 3 aromatic rings. The summed E-state index contributed by atoms with van der Waals surface area (Å²) >= 11 is 0. The second kappa shape index (κ2) is 7.10. The van der Waals surface area contributed by atoms with Crippen LogP contribution in [0.5, 0.6) is 5.75 Å². The number of nitrogens with two attached hydrogens (primary N) is 1. The summed E-state index contributed by atoms with van der Waals surface area (Å²) in [5.41, 5.74) is 7.27. The molecule has 0 spiro atoms. The quantitative estimate of drug-likeness (QED) is 0.523. The van der Waals surface area contributed by atoms with Gasteiger partial charge in [-0.3, -0.25) is 10.1 Å². The molecule has 0 fully saturated rings. The lowest BCUT2D eigenvalue weighted by atomic mass is 10.2. The number of rotatable bonds is 6. The van der Waals surface area contributed by atoms with Gasteiger partial charge in [0.15, 0.2) is 0 Å². The normalized spacial score (nSPS) is 10.6. The van der Waals surface area contributed by atoms with Crippen molar-refractivity contribution in [3.8, 4) is 5.75 Å². The van der Waals surface area contributed by atoms with Gasteiger partial charge >= 0.3 is 0 Å². The Labute approximate surface area is 143 Å². The highest BCUT2D eigenvalue weighted by Crippen LogP contribution is 2.25. The number of nitrogens with zero attached hydrogens (tertiary/aromatic N) is 3. The van der Waals surface area contributed by atoms with Crippen LogP contribution in [-0.4, -0.2) is 22.0 Å². The maximum absolute atomic E-state index is 11.0. The first-order chi connectivity index (χ1) is 12.1. The van der Waals surface area contributed by atoms with E-state index in [1.54, 1.807) is 13.2 Å². The van der Waals surface area contributed by atoms with E-state index in [1.807, 2.05) is 24.3 Å². The molecule has 1 aromatic heterocycles. The summed E-state index contributed by atoms with van der Waals surface area (Å²) in [6, 6.07) is 12.1. The number of nitro benzene ring substituents is 1. The monoisotopic (exact) mass is 339 g/mol. The number of benzene rings is 2. The summed E-state index contributed by atoms with van der Waals surface area (Å²) in [4.78, 5) is 19.3. The Balaban J connectivity index is 1.94. The van der Waals surface area contributed by atoms with E-state index in [9.17, 15) is 10.1 Å². The summed E-state index contributed by atoms with van der Waals surface area (Å²) in [5.74, 6) is 1.76. The van der Waals surface area contributed by atoms with Gasteiger partial charge < -0.3 is 15.8 Å². The Morgan fingerprint density at radius 2 is 1.96 bits per heavy atom. The fraction of sp³-hybridized carbons (Fsp3) is 0.176. The minimum atomic E-state index is -0.441. The zero-order chi connectivity index (χ0) is 17.8. The minimum Gasteiger partial charge on any atom is -0.497 e. The van der Waals surface area contributed by atoms with Gasteiger partial charge in [0, 0.05) is 24.1 Å². The highest BCUT2D eigenvalue weighted by Gasteiger charge is 2.12. The molecule has 2 aromatic carbocycles. The van der Waals surface area contributed by atoms with Crippen molar-refractivity contribution in [2.24, 2.45) is 5.73 Å². The van der Waals surface area contributed by atoms with E-state index in [0.717, 1.165) is 11.3 Å². The fourth-order valence-electron chi connectivity index (χ4n) is 2.43. The number of hydrogen-bond acceptors (Lipinski definition) is 7. The van der Waals surface area contributed by atoms with Crippen LogP contribution in [0.3, 0.4) is 0 Å². The summed E-state index contributed by atoms with van der Waals surface area (Å²) in [6.45, 7) is 0.687. The molecule has 0 aliphatic rings. The fourth-order valence-corrected chi connectivity index (χ4v) is 2.43. The number of hydrogen-bond donors (Lipinski definition) is 2. The Bertz CT molecular complexity index is 912. The number of non-ortho nitro benzene ring substituents is 1. The van der Waals surface area contributed by atoms with Crippen LogP contribution >= 0.6 is 0 Å². The topological polar surface area (TPSA) is 116 Å². The maximum Gasteiger partial charge on any atom is 0.270 e. The molecule has 25 heavy (non-hydrogen) atoms. The van der Waals surface area contributed by atoms with Crippen molar-refractivity contribution < 1.29 is 9.66 Å². The number of anilines is 1. The second-order valence-corrected chi connectivity index (χ2v) is 5.35. The summed E-state index contributed by atoms with van der Waals surface area (Å²) in [5, 5.41) is 14.8. The van der Waals surface area contributed by atoms with Crippen LogP contribution in [0.4, 0.5) is 11.5 Å². The molecule has 0 aliphatic heterocycles. The van der Waals surface area contributed by atoms with E-state index in [1.165, 1.54) is 12.1 Å². The molecule has 128 valence electrons. The number of aromatic nitrogens is 2. The summed E-state index contributed by atoms with van der Waals surface area (Å²) in [7, 11) is 1.61. The lowest BCUT2D eigenvalue weighted by Gasteiger charge is -2.11. The Kier molecular flexibility index (Phi) is 4.71. The lowest BCUT2D eigenvalue weighted by Crippen LogP contribution is -2.08. The van der Waals surface area contributed by atoms with Crippen LogP contribution in [0.15, 0.2) is 42.5 Å². The molecule has 0 bridgehead atoms. The van der Waals surface area contributed by atoms with Crippen molar-refractivity contribution in [1.29, 1.82) is 0 Å². The molecule has 0 amide bonds. The van der Waals surface area contributed by atoms with Crippen molar-refractivity contribution in [2.45, 2.75) is 13.1 Å². The molecule has 0 saturated carbocycles. The average molecular weight is 339 g/mol. The van der Waals surface area contributed by atoms with Crippen LogP contribution in [0.2, 0.25) is 0 Å². The third-order valence-electron chi connectivity index (χ3n) is 3.74. The van der Waals surface area contributed by atoms with Crippen LogP contribution < -0.4 is 15.8 Å². The van der Waals surface area contributed by atoms with Crippen LogP contribution in [0.25, 0.3) is 10.9 Å². The van der Waals surface area contributed by atoms with Crippen molar-refractivity contribution in [1.82, 2.24) is 9.97 Å². The van der Waals surface area contributed by atoms with E-state index in [4.69, 9.17) is 10.5 Å². The Morgan fingerprint density at radius 3 is 2.60 bits per heavy atom. The van der Waals surface area contributed by atoms with E-state index in [-0.39, 0.29) is 12.2 Å². The Hall–Kier alpha value is -3.26. The first-order valence-corrected chi connectivity index (χ1v) is 7.62. The van der Waals surface area contributed by atoms with Crippen molar-refractivity contribution in [3.63, 3.8) is 0 Å². The van der Waals surface area contributed by atoms with Gasteiger partial charge in [-0.05, 0) is 23.8 Å². The first-order valence-electron chi connectivity index (χ1n) is 7.62. The van der Waals surface area contributed by atoms with Crippen molar-refractivity contribution >= 4 is 22.4 Å². The highest BCUT2D eigenvalue weighted by atomic mass is 16.6. The standard InChI is InChI=1S/C17H17N5O3/c1-25-13-5-2-11(3-6-13)10-19-17-14-8-12(22(23)24)4-7-15(14)20-16(9-18)21-17/h2-8H,9-10,18H2,1H3,(H,19,20,21). The number of fused-ring (bicyclic) bond motifs is 1. The molecule has 0 unspecified atom stereocenters. The Morgan fingerprint density at radius 1 is 1.20 bits per heavy atom. The molecule has 1 heterocycles. The first kappa shape index (κ1) is 16.6. The number of nitro groups is 1. The van der Waals surface area contributed by atoms with Crippen LogP contribution in [-0.2, 0) is 13.1 Å². The average Bonchev–Trinajstić information content (AvgIpc) is 2.65. The maximum atomic E-state index is 11.0. The molecule has 0 saturated heterocycles. The SMILES string of the molecule is COc1ccc(CNc2nc(CN)nc3ccc([N+](=O)[O-])cc23)cc1. The molecular formula is C17H17N5O3. The smallest absolute Gasteiger partial charge is 0.270 e. The van der Waals surface area contributed by atoms with E-state index >= 15 is 0 Å². The van der Waals surface area contributed by atoms with Crippen LogP contribution in [0.1, 0.15) is 11.4 Å². The van der Waals surface area contributed by atoms with E-state index in [2.05, 4.69) is 15.3 Å². The largest absolute Gasteiger partial charge is 0.497 e. The molecule has 0 aliphatic carbocycles. The molecule has 8 nitrogen and oxygen atoms in total. The van der Waals surface area contributed by atoms with Gasteiger partial charge in [0.25, 0.3) is 5.69 Å².